The number of carbonyl (C=O) groups is 2. The molecule has 2 rings (SSSR count). The van der Waals surface area contributed by atoms with Crippen molar-refractivity contribution >= 4 is 34.4 Å². The SMILES string of the molecule is COc1cc(/C=C/C(=O)Nc2nc(CN(C)C)cs2)ccc1OC(C)=O. The lowest BCUT2D eigenvalue weighted by molar-refractivity contribution is -0.132. The van der Waals surface area contributed by atoms with E-state index in [4.69, 9.17) is 9.47 Å². The van der Waals surface area contributed by atoms with Crippen LogP contribution in [0.15, 0.2) is 29.7 Å². The fourth-order valence-corrected chi connectivity index (χ4v) is 2.81. The number of nitrogens with one attached hydrogen (secondary N) is 1. The summed E-state index contributed by atoms with van der Waals surface area (Å²) in [5.74, 6) is 0.0376. The van der Waals surface area contributed by atoms with E-state index in [0.717, 1.165) is 17.8 Å². The van der Waals surface area contributed by atoms with Crippen LogP contribution in [0.2, 0.25) is 0 Å². The second-order valence-electron chi connectivity index (χ2n) is 5.71. The first-order valence-electron chi connectivity index (χ1n) is 7.82. The molecule has 0 aliphatic rings. The van der Waals surface area contributed by atoms with E-state index in [1.165, 1.54) is 31.4 Å². The first-order valence-corrected chi connectivity index (χ1v) is 8.70. The molecule has 1 N–H and O–H groups in total. The van der Waals surface area contributed by atoms with Crippen molar-refractivity contribution in [3.8, 4) is 11.5 Å². The van der Waals surface area contributed by atoms with E-state index < -0.39 is 5.97 Å². The highest BCUT2D eigenvalue weighted by Gasteiger charge is 2.08. The molecule has 0 spiro atoms. The van der Waals surface area contributed by atoms with E-state index in [-0.39, 0.29) is 5.91 Å². The molecule has 0 aliphatic carbocycles. The van der Waals surface area contributed by atoms with E-state index in [1.54, 1.807) is 24.3 Å². The number of aromatic nitrogens is 1. The number of amides is 1. The fourth-order valence-electron chi connectivity index (χ4n) is 2.11. The first kappa shape index (κ1) is 19.6. The van der Waals surface area contributed by atoms with Gasteiger partial charge in [-0.15, -0.1) is 11.3 Å². The number of ether oxygens (including phenoxy) is 2. The van der Waals surface area contributed by atoms with Gasteiger partial charge in [0.2, 0.25) is 5.91 Å². The molecule has 1 aromatic heterocycles. The van der Waals surface area contributed by atoms with Gasteiger partial charge in [0.05, 0.1) is 12.8 Å². The molecule has 0 aliphatic heterocycles. The van der Waals surface area contributed by atoms with E-state index in [0.29, 0.717) is 16.6 Å². The zero-order valence-electron chi connectivity index (χ0n) is 15.1. The molecule has 26 heavy (non-hydrogen) atoms. The zero-order valence-corrected chi connectivity index (χ0v) is 15.9. The van der Waals surface area contributed by atoms with Gasteiger partial charge in [-0.25, -0.2) is 4.98 Å². The van der Waals surface area contributed by atoms with Gasteiger partial charge in [0.15, 0.2) is 16.6 Å². The van der Waals surface area contributed by atoms with Crippen LogP contribution in [0, 0.1) is 0 Å². The van der Waals surface area contributed by atoms with Gasteiger partial charge in [0.1, 0.15) is 0 Å². The van der Waals surface area contributed by atoms with Crippen LogP contribution in [-0.4, -0.2) is 43.0 Å². The molecule has 1 aromatic carbocycles. The van der Waals surface area contributed by atoms with Crippen molar-refractivity contribution in [3.63, 3.8) is 0 Å². The predicted octanol–water partition coefficient (Wildman–Crippen LogP) is 2.79. The Labute approximate surface area is 156 Å². The van der Waals surface area contributed by atoms with Gasteiger partial charge in [0, 0.05) is 24.9 Å². The van der Waals surface area contributed by atoms with Gasteiger partial charge in [-0.2, -0.15) is 0 Å². The average molecular weight is 375 g/mol. The Morgan fingerprint density at radius 2 is 2.08 bits per heavy atom. The highest BCUT2D eigenvalue weighted by atomic mass is 32.1. The summed E-state index contributed by atoms with van der Waals surface area (Å²) < 4.78 is 10.2. The maximum Gasteiger partial charge on any atom is 0.308 e. The Morgan fingerprint density at radius 3 is 2.73 bits per heavy atom. The number of carbonyl (C=O) groups excluding carboxylic acids is 2. The minimum atomic E-state index is -0.428. The second kappa shape index (κ2) is 9.12. The largest absolute Gasteiger partial charge is 0.493 e. The fraction of sp³-hybridized carbons (Fsp3) is 0.278. The highest BCUT2D eigenvalue weighted by molar-refractivity contribution is 7.13. The Morgan fingerprint density at radius 1 is 1.31 bits per heavy atom. The zero-order chi connectivity index (χ0) is 19.1. The summed E-state index contributed by atoms with van der Waals surface area (Å²) >= 11 is 1.38. The number of methoxy groups -OCH3 is 1. The summed E-state index contributed by atoms with van der Waals surface area (Å²) in [5.41, 5.74) is 1.64. The monoisotopic (exact) mass is 375 g/mol. The molecule has 0 saturated carbocycles. The molecular weight excluding hydrogens is 354 g/mol. The molecule has 0 atom stereocenters. The second-order valence-corrected chi connectivity index (χ2v) is 6.57. The summed E-state index contributed by atoms with van der Waals surface area (Å²) in [6.45, 7) is 2.04. The van der Waals surface area contributed by atoms with Crippen LogP contribution in [-0.2, 0) is 16.1 Å². The maximum absolute atomic E-state index is 12.0. The third kappa shape index (κ3) is 5.98. The van der Waals surface area contributed by atoms with Crippen LogP contribution < -0.4 is 14.8 Å². The summed E-state index contributed by atoms with van der Waals surface area (Å²) in [7, 11) is 5.40. The summed E-state index contributed by atoms with van der Waals surface area (Å²) in [4.78, 5) is 29.5. The lowest BCUT2D eigenvalue weighted by atomic mass is 10.2. The van der Waals surface area contributed by atoms with Gasteiger partial charge in [-0.3, -0.25) is 14.9 Å². The highest BCUT2D eigenvalue weighted by Crippen LogP contribution is 2.28. The van der Waals surface area contributed by atoms with E-state index >= 15 is 0 Å². The van der Waals surface area contributed by atoms with Gasteiger partial charge in [-0.05, 0) is 37.9 Å². The Hall–Kier alpha value is -2.71. The maximum atomic E-state index is 12.0. The molecule has 7 nitrogen and oxygen atoms in total. The van der Waals surface area contributed by atoms with Crippen molar-refractivity contribution < 1.29 is 19.1 Å². The molecule has 138 valence electrons. The molecule has 0 unspecified atom stereocenters. The van der Waals surface area contributed by atoms with Crippen LogP contribution in [0.3, 0.4) is 0 Å². The average Bonchev–Trinajstić information content (AvgIpc) is 2.99. The number of thiazole rings is 1. The van der Waals surface area contributed by atoms with Crippen LogP contribution in [0.1, 0.15) is 18.2 Å². The standard InChI is InChI=1S/C18H21N3O4S/c1-12(22)25-15-7-5-13(9-16(15)24-4)6-8-17(23)20-18-19-14(11-26-18)10-21(2)3/h5-9,11H,10H2,1-4H3,(H,19,20,23)/b8-6+. The van der Waals surface area contributed by atoms with Crippen molar-refractivity contribution in [3.05, 3.63) is 40.9 Å². The molecular formula is C18H21N3O4S. The number of esters is 1. The third-order valence-electron chi connectivity index (χ3n) is 3.13. The molecule has 0 radical (unpaired) electrons. The normalized spacial score (nSPS) is 11.0. The van der Waals surface area contributed by atoms with Gasteiger partial charge < -0.3 is 14.4 Å². The summed E-state index contributed by atoms with van der Waals surface area (Å²) in [6.07, 6.45) is 3.05. The predicted molar refractivity (Wildman–Crippen MR) is 101 cm³/mol. The van der Waals surface area contributed by atoms with Gasteiger partial charge in [-0.1, -0.05) is 6.07 Å². The van der Waals surface area contributed by atoms with Gasteiger partial charge in [0.25, 0.3) is 0 Å². The molecule has 8 heteroatoms. The van der Waals surface area contributed by atoms with E-state index in [2.05, 4.69) is 10.3 Å². The molecule has 0 fully saturated rings. The van der Waals surface area contributed by atoms with Crippen molar-refractivity contribution in [1.29, 1.82) is 0 Å². The minimum Gasteiger partial charge on any atom is -0.493 e. The number of rotatable bonds is 7. The van der Waals surface area contributed by atoms with Crippen molar-refractivity contribution in [2.75, 3.05) is 26.5 Å². The van der Waals surface area contributed by atoms with Crippen molar-refractivity contribution in [2.45, 2.75) is 13.5 Å². The van der Waals surface area contributed by atoms with Crippen LogP contribution in [0.4, 0.5) is 5.13 Å². The Balaban J connectivity index is 2.01. The number of benzene rings is 1. The van der Waals surface area contributed by atoms with Crippen LogP contribution in [0.25, 0.3) is 6.08 Å². The number of hydrogen-bond donors (Lipinski definition) is 1. The summed E-state index contributed by atoms with van der Waals surface area (Å²) in [6, 6.07) is 5.02. The quantitative estimate of drug-likeness (QED) is 0.455. The lowest BCUT2D eigenvalue weighted by Crippen LogP contribution is -2.11. The van der Waals surface area contributed by atoms with Crippen LogP contribution >= 0.6 is 11.3 Å². The Bertz CT molecular complexity index is 815. The van der Waals surface area contributed by atoms with Crippen molar-refractivity contribution in [1.82, 2.24) is 9.88 Å². The molecule has 1 heterocycles. The first-order chi connectivity index (χ1) is 12.4. The Kier molecular flexibility index (Phi) is 6.88. The topological polar surface area (TPSA) is 80.8 Å². The summed E-state index contributed by atoms with van der Waals surface area (Å²) in [5, 5.41) is 5.20. The number of hydrogen-bond acceptors (Lipinski definition) is 7. The molecule has 2 aromatic rings. The third-order valence-corrected chi connectivity index (χ3v) is 3.94. The lowest BCUT2D eigenvalue weighted by Gasteiger charge is -2.08. The molecule has 1 amide bonds. The molecule has 0 saturated heterocycles. The number of nitrogens with zero attached hydrogens (tertiary/aromatic N) is 2. The minimum absolute atomic E-state index is 0.279. The smallest absolute Gasteiger partial charge is 0.308 e. The number of anilines is 1. The van der Waals surface area contributed by atoms with Crippen molar-refractivity contribution in [2.24, 2.45) is 0 Å². The van der Waals surface area contributed by atoms with E-state index in [1.807, 2.05) is 24.4 Å². The van der Waals surface area contributed by atoms with E-state index in [9.17, 15) is 9.59 Å². The molecule has 0 bridgehead atoms. The van der Waals surface area contributed by atoms with Crippen LogP contribution in [0.5, 0.6) is 11.5 Å². The van der Waals surface area contributed by atoms with Gasteiger partial charge >= 0.3 is 5.97 Å².